The molecule has 128 valence electrons. The molecule has 2 unspecified atom stereocenters. The Kier molecular flexibility index (Phi) is 4.41. The highest BCUT2D eigenvalue weighted by molar-refractivity contribution is 6.32. The minimum atomic E-state index is -0.431. The second-order valence-corrected chi connectivity index (χ2v) is 7.79. The second kappa shape index (κ2) is 6.10. The number of epoxide rings is 1. The van der Waals surface area contributed by atoms with E-state index in [1.165, 1.54) is 0 Å². The zero-order chi connectivity index (χ0) is 17.5. The van der Waals surface area contributed by atoms with Crippen molar-refractivity contribution in [2.75, 3.05) is 13.2 Å². The van der Waals surface area contributed by atoms with Crippen molar-refractivity contribution in [3.05, 3.63) is 29.8 Å². The number of cyclic esters (lactones) is 1. The van der Waals surface area contributed by atoms with E-state index in [1.807, 2.05) is 36.1 Å². The minimum absolute atomic E-state index is 0.0315. The smallest absolute Gasteiger partial charge is 0.410 e. The molecule has 2 radical (unpaired) electrons. The quantitative estimate of drug-likeness (QED) is 0.617. The summed E-state index contributed by atoms with van der Waals surface area (Å²) in [6.07, 6.45) is 1.37. The SMILES string of the molecule is [B]c1ccc([C@H](C)N2CCC(CC3(C)CO3)(C(C)C)OC2=O)cc1. The molecule has 0 bridgehead atoms. The fourth-order valence-corrected chi connectivity index (χ4v) is 3.58. The summed E-state index contributed by atoms with van der Waals surface area (Å²) >= 11 is 0. The van der Waals surface area contributed by atoms with E-state index in [0.29, 0.717) is 6.54 Å². The molecule has 1 aromatic rings. The van der Waals surface area contributed by atoms with E-state index in [4.69, 9.17) is 17.3 Å². The Hall–Kier alpha value is -1.49. The maximum atomic E-state index is 12.7. The lowest BCUT2D eigenvalue weighted by atomic mass is 9.78. The van der Waals surface area contributed by atoms with Gasteiger partial charge in [0.25, 0.3) is 0 Å². The number of amides is 1. The van der Waals surface area contributed by atoms with Crippen LogP contribution in [0.3, 0.4) is 0 Å². The Labute approximate surface area is 145 Å². The molecule has 0 spiro atoms. The van der Waals surface area contributed by atoms with Crippen LogP contribution in [-0.4, -0.2) is 43.2 Å². The summed E-state index contributed by atoms with van der Waals surface area (Å²) in [7, 11) is 5.75. The van der Waals surface area contributed by atoms with E-state index in [1.54, 1.807) is 0 Å². The summed E-state index contributed by atoms with van der Waals surface area (Å²) in [6, 6.07) is 7.64. The van der Waals surface area contributed by atoms with Gasteiger partial charge in [0.05, 0.1) is 18.2 Å². The van der Waals surface area contributed by atoms with E-state index < -0.39 is 5.60 Å². The van der Waals surface area contributed by atoms with Crippen molar-refractivity contribution < 1.29 is 14.3 Å². The number of rotatable bonds is 5. The van der Waals surface area contributed by atoms with Gasteiger partial charge in [-0.3, -0.25) is 0 Å². The maximum Gasteiger partial charge on any atom is 0.410 e. The van der Waals surface area contributed by atoms with Crippen LogP contribution in [0.15, 0.2) is 24.3 Å². The molecule has 3 atom stereocenters. The predicted octanol–water partition coefficient (Wildman–Crippen LogP) is 2.96. The van der Waals surface area contributed by atoms with Gasteiger partial charge < -0.3 is 14.4 Å². The molecule has 2 aliphatic rings. The van der Waals surface area contributed by atoms with Crippen LogP contribution in [0, 0.1) is 5.92 Å². The highest BCUT2D eigenvalue weighted by atomic mass is 16.6. The summed E-state index contributed by atoms with van der Waals surface area (Å²) in [6.45, 7) is 9.81. The van der Waals surface area contributed by atoms with Crippen molar-refractivity contribution >= 4 is 19.4 Å². The van der Waals surface area contributed by atoms with Gasteiger partial charge in [0.2, 0.25) is 0 Å². The van der Waals surface area contributed by atoms with Crippen LogP contribution in [0.4, 0.5) is 4.79 Å². The Balaban J connectivity index is 1.74. The molecule has 2 aliphatic heterocycles. The van der Waals surface area contributed by atoms with E-state index in [0.717, 1.165) is 30.5 Å². The summed E-state index contributed by atoms with van der Waals surface area (Å²) < 4.78 is 11.6. The van der Waals surface area contributed by atoms with Gasteiger partial charge >= 0.3 is 6.09 Å². The number of benzene rings is 1. The Morgan fingerprint density at radius 2 is 1.88 bits per heavy atom. The number of carbonyl (C=O) groups excluding carboxylic acids is 1. The molecule has 0 N–H and O–H groups in total. The predicted molar refractivity (Wildman–Crippen MR) is 94.6 cm³/mol. The fourth-order valence-electron chi connectivity index (χ4n) is 3.58. The average Bonchev–Trinajstić information content (AvgIpc) is 3.24. The normalized spacial score (nSPS) is 31.0. The van der Waals surface area contributed by atoms with Gasteiger partial charge in [-0.05, 0) is 25.3 Å². The molecule has 0 aromatic heterocycles. The summed E-state index contributed by atoms with van der Waals surface area (Å²) in [5.74, 6) is 0.261. The largest absolute Gasteiger partial charge is 0.442 e. The van der Waals surface area contributed by atoms with Gasteiger partial charge in [-0.25, -0.2) is 4.79 Å². The molecular formula is C19H26BNO3. The molecule has 1 amide bonds. The van der Waals surface area contributed by atoms with E-state index in [2.05, 4.69) is 20.8 Å². The van der Waals surface area contributed by atoms with E-state index in [-0.39, 0.29) is 23.7 Å². The molecule has 0 aliphatic carbocycles. The van der Waals surface area contributed by atoms with Crippen molar-refractivity contribution in [1.29, 1.82) is 0 Å². The number of nitrogens with zero attached hydrogens (tertiary/aromatic N) is 1. The Morgan fingerprint density at radius 1 is 1.25 bits per heavy atom. The molecule has 4 nitrogen and oxygen atoms in total. The first kappa shape index (κ1) is 17.3. The van der Waals surface area contributed by atoms with Gasteiger partial charge in [0, 0.05) is 19.4 Å². The first-order valence-electron chi connectivity index (χ1n) is 8.74. The third-order valence-corrected chi connectivity index (χ3v) is 5.55. The standard InChI is InChI=1S/C19H26BNO3/c1-13(2)19(11-18(4)12-23-18)9-10-21(17(22)24-19)14(3)15-5-7-16(20)8-6-15/h5-8,13-14H,9-12H2,1-4H3/t14-,18?,19?/m0/s1. The number of hydrogen-bond acceptors (Lipinski definition) is 3. The summed E-state index contributed by atoms with van der Waals surface area (Å²) in [4.78, 5) is 14.5. The van der Waals surface area contributed by atoms with Crippen molar-refractivity contribution in [3.8, 4) is 0 Å². The lowest BCUT2D eigenvalue weighted by Gasteiger charge is -2.46. The summed E-state index contributed by atoms with van der Waals surface area (Å²) in [5.41, 5.74) is 1.23. The summed E-state index contributed by atoms with van der Waals surface area (Å²) in [5, 5.41) is 0. The van der Waals surface area contributed by atoms with Crippen LogP contribution in [0.1, 0.15) is 52.1 Å². The van der Waals surface area contributed by atoms with Crippen LogP contribution in [0.2, 0.25) is 0 Å². The van der Waals surface area contributed by atoms with E-state index >= 15 is 0 Å². The lowest BCUT2D eigenvalue weighted by Crippen LogP contribution is -2.54. The van der Waals surface area contributed by atoms with Gasteiger partial charge in [-0.1, -0.05) is 43.6 Å². The van der Waals surface area contributed by atoms with Crippen molar-refractivity contribution in [3.63, 3.8) is 0 Å². The molecule has 2 saturated heterocycles. The molecule has 24 heavy (non-hydrogen) atoms. The number of hydrogen-bond donors (Lipinski definition) is 0. The third-order valence-electron chi connectivity index (χ3n) is 5.55. The molecule has 0 saturated carbocycles. The molecule has 1 aromatic carbocycles. The van der Waals surface area contributed by atoms with Crippen molar-refractivity contribution in [1.82, 2.24) is 4.90 Å². The second-order valence-electron chi connectivity index (χ2n) is 7.79. The van der Waals surface area contributed by atoms with Crippen molar-refractivity contribution in [2.24, 2.45) is 5.92 Å². The monoisotopic (exact) mass is 327 g/mol. The molecule has 2 fully saturated rings. The topological polar surface area (TPSA) is 42.1 Å². The Morgan fingerprint density at radius 3 is 2.38 bits per heavy atom. The highest BCUT2D eigenvalue weighted by Crippen LogP contribution is 2.44. The lowest BCUT2D eigenvalue weighted by molar-refractivity contribution is -0.0961. The molecule has 5 heteroatoms. The van der Waals surface area contributed by atoms with E-state index in [9.17, 15) is 4.79 Å². The first-order valence-corrected chi connectivity index (χ1v) is 8.74. The molecule has 2 heterocycles. The number of carbonyl (C=O) groups is 1. The third kappa shape index (κ3) is 3.32. The van der Waals surface area contributed by atoms with Crippen LogP contribution in [-0.2, 0) is 9.47 Å². The van der Waals surface area contributed by atoms with Crippen LogP contribution >= 0.6 is 0 Å². The van der Waals surface area contributed by atoms with Crippen LogP contribution < -0.4 is 5.46 Å². The molecule has 3 rings (SSSR count). The highest BCUT2D eigenvalue weighted by Gasteiger charge is 2.53. The maximum absolute atomic E-state index is 12.7. The van der Waals surface area contributed by atoms with Gasteiger partial charge in [0.15, 0.2) is 0 Å². The minimum Gasteiger partial charge on any atom is -0.442 e. The fraction of sp³-hybridized carbons (Fsp3) is 0.632. The van der Waals surface area contributed by atoms with Gasteiger partial charge in [-0.2, -0.15) is 0 Å². The molecular weight excluding hydrogens is 301 g/mol. The Bertz CT molecular complexity index is 612. The zero-order valence-electron chi connectivity index (χ0n) is 15.0. The number of ether oxygens (including phenoxy) is 2. The first-order chi connectivity index (χ1) is 11.2. The van der Waals surface area contributed by atoms with Gasteiger partial charge in [0.1, 0.15) is 13.4 Å². The van der Waals surface area contributed by atoms with Crippen LogP contribution in [0.25, 0.3) is 0 Å². The average molecular weight is 327 g/mol. The van der Waals surface area contributed by atoms with Gasteiger partial charge in [-0.15, -0.1) is 0 Å². The van der Waals surface area contributed by atoms with Crippen molar-refractivity contribution in [2.45, 2.75) is 57.8 Å². The van der Waals surface area contributed by atoms with Crippen LogP contribution in [0.5, 0.6) is 0 Å². The zero-order valence-corrected chi connectivity index (χ0v) is 15.0.